The van der Waals surface area contributed by atoms with E-state index in [-0.39, 0.29) is 23.1 Å². The van der Waals surface area contributed by atoms with Crippen LogP contribution in [0.3, 0.4) is 0 Å². The van der Waals surface area contributed by atoms with Gasteiger partial charge in [0.15, 0.2) is 19.8 Å². The summed E-state index contributed by atoms with van der Waals surface area (Å²) in [6, 6.07) is 14.6. The van der Waals surface area contributed by atoms with Crippen molar-refractivity contribution in [2.75, 3.05) is 23.4 Å². The van der Waals surface area contributed by atoms with E-state index in [2.05, 4.69) is 31.2 Å². The van der Waals surface area contributed by atoms with E-state index < -0.39 is 39.1 Å². The molecule has 0 unspecified atom stereocenters. The second kappa shape index (κ2) is 12.1. The van der Waals surface area contributed by atoms with Gasteiger partial charge in [0.2, 0.25) is 5.91 Å². The van der Waals surface area contributed by atoms with Crippen LogP contribution in [0.4, 0.5) is 5.13 Å². The van der Waals surface area contributed by atoms with E-state index >= 15 is 0 Å². The van der Waals surface area contributed by atoms with E-state index in [9.17, 15) is 22.8 Å². The number of nitrogens with zero attached hydrogens (tertiary/aromatic N) is 3. The summed E-state index contributed by atoms with van der Waals surface area (Å²) >= 11 is 5.67. The van der Waals surface area contributed by atoms with Crippen LogP contribution < -0.4 is 10.1 Å². The molecule has 0 radical (unpaired) electrons. The Hall–Kier alpha value is -3.20. The maximum absolute atomic E-state index is 12.6. The lowest BCUT2D eigenvalue weighted by Gasteiger charge is -2.05. The normalized spacial score (nSPS) is 12.0. The van der Waals surface area contributed by atoms with Crippen LogP contribution in [0, 0.1) is 0 Å². The fourth-order valence-corrected chi connectivity index (χ4v) is 6.78. The molecular formula is C24H21BrN4O6S3. The standard InChI is InChI=1S/C24H21BrN4O6S3/c1-2-35-22(32)11-29-18-9-8-16(25)10-19(18)37-24(29)28-21(31)14-38(33,34)13-20(30)27-23-26-17(12-36-23)15-6-4-3-5-7-15/h3-10,12H,2,11,13-14H2,1H3,(H,26,27,30). The molecule has 0 saturated carbocycles. The van der Waals surface area contributed by atoms with Crippen LogP contribution in [-0.4, -0.2) is 53.9 Å². The van der Waals surface area contributed by atoms with Crippen molar-refractivity contribution < 1.29 is 27.5 Å². The number of halogens is 1. The predicted octanol–water partition coefficient (Wildman–Crippen LogP) is 3.63. The number of ether oxygens (including phenoxy) is 1. The highest BCUT2D eigenvalue weighted by Gasteiger charge is 2.22. The Kier molecular flexibility index (Phi) is 8.87. The lowest BCUT2D eigenvalue weighted by molar-refractivity contribution is -0.143. The van der Waals surface area contributed by atoms with Gasteiger partial charge in [-0.05, 0) is 25.1 Å². The molecule has 0 bridgehead atoms. The Morgan fingerprint density at radius 2 is 1.89 bits per heavy atom. The van der Waals surface area contributed by atoms with Gasteiger partial charge in [-0.25, -0.2) is 13.4 Å². The van der Waals surface area contributed by atoms with Crippen molar-refractivity contribution in [3.05, 3.63) is 63.2 Å². The summed E-state index contributed by atoms with van der Waals surface area (Å²) in [4.78, 5) is 45.5. The highest BCUT2D eigenvalue weighted by Crippen LogP contribution is 2.25. The number of amides is 2. The number of rotatable bonds is 9. The summed E-state index contributed by atoms with van der Waals surface area (Å²) in [5.74, 6) is -4.16. The molecular weight excluding hydrogens is 616 g/mol. The zero-order valence-electron chi connectivity index (χ0n) is 19.9. The van der Waals surface area contributed by atoms with Gasteiger partial charge in [-0.2, -0.15) is 4.99 Å². The first kappa shape index (κ1) is 27.8. The minimum Gasteiger partial charge on any atom is -0.465 e. The molecule has 0 aliphatic rings. The van der Waals surface area contributed by atoms with Crippen LogP contribution in [0.1, 0.15) is 6.92 Å². The van der Waals surface area contributed by atoms with Crippen LogP contribution in [0.5, 0.6) is 0 Å². The third kappa shape index (κ3) is 7.22. The number of fused-ring (bicyclic) bond motifs is 1. The molecule has 0 aliphatic carbocycles. The SMILES string of the molecule is CCOC(=O)Cn1c(=NC(=O)CS(=O)(=O)CC(=O)Nc2nc(-c3ccccc3)cs2)sc2cc(Br)ccc21. The lowest BCUT2D eigenvalue weighted by Crippen LogP contribution is -2.28. The number of nitrogens with one attached hydrogen (secondary N) is 1. The Labute approximate surface area is 234 Å². The van der Waals surface area contributed by atoms with Crippen LogP contribution in [0.2, 0.25) is 0 Å². The largest absolute Gasteiger partial charge is 0.465 e. The first-order chi connectivity index (χ1) is 18.1. The second-order valence-electron chi connectivity index (χ2n) is 7.88. The minimum absolute atomic E-state index is 0.145. The summed E-state index contributed by atoms with van der Waals surface area (Å²) in [6.07, 6.45) is 0. The number of anilines is 1. The maximum Gasteiger partial charge on any atom is 0.326 e. The van der Waals surface area contributed by atoms with Crippen LogP contribution >= 0.6 is 38.6 Å². The van der Waals surface area contributed by atoms with Gasteiger partial charge in [0, 0.05) is 15.4 Å². The first-order valence-electron chi connectivity index (χ1n) is 11.2. The van der Waals surface area contributed by atoms with Gasteiger partial charge in [-0.1, -0.05) is 57.6 Å². The van der Waals surface area contributed by atoms with Crippen molar-refractivity contribution in [1.29, 1.82) is 0 Å². The van der Waals surface area contributed by atoms with Gasteiger partial charge in [0.25, 0.3) is 5.91 Å². The van der Waals surface area contributed by atoms with Crippen molar-refractivity contribution in [3.8, 4) is 11.3 Å². The summed E-state index contributed by atoms with van der Waals surface area (Å²) in [5, 5.41) is 4.46. The number of sulfone groups is 1. The Morgan fingerprint density at radius 3 is 2.63 bits per heavy atom. The molecule has 0 spiro atoms. The van der Waals surface area contributed by atoms with E-state index in [0.717, 1.165) is 37.4 Å². The molecule has 38 heavy (non-hydrogen) atoms. The molecule has 0 saturated heterocycles. The number of carbonyl (C=O) groups excluding carboxylic acids is 3. The van der Waals surface area contributed by atoms with Gasteiger partial charge in [0.05, 0.1) is 22.5 Å². The van der Waals surface area contributed by atoms with Gasteiger partial charge in [-0.3, -0.25) is 14.4 Å². The Balaban J connectivity index is 1.47. The molecule has 0 aliphatic heterocycles. The highest BCUT2D eigenvalue weighted by molar-refractivity contribution is 9.10. The number of aromatic nitrogens is 2. The molecule has 14 heteroatoms. The monoisotopic (exact) mass is 636 g/mol. The van der Waals surface area contributed by atoms with Gasteiger partial charge >= 0.3 is 5.97 Å². The van der Waals surface area contributed by atoms with E-state index in [0.29, 0.717) is 11.2 Å². The third-order valence-corrected chi connectivity index (χ3v) is 8.65. The third-order valence-electron chi connectivity index (χ3n) is 4.97. The van der Waals surface area contributed by atoms with Crippen molar-refractivity contribution in [1.82, 2.24) is 9.55 Å². The molecule has 198 valence electrons. The molecule has 0 fully saturated rings. The van der Waals surface area contributed by atoms with Gasteiger partial charge in [0.1, 0.15) is 18.1 Å². The minimum atomic E-state index is -4.13. The summed E-state index contributed by atoms with van der Waals surface area (Å²) in [7, 11) is -4.13. The molecule has 2 heterocycles. The van der Waals surface area contributed by atoms with Crippen LogP contribution in [-0.2, 0) is 35.5 Å². The van der Waals surface area contributed by atoms with Crippen molar-refractivity contribution in [2.24, 2.45) is 4.99 Å². The number of carbonyl (C=O) groups is 3. The molecule has 2 aromatic heterocycles. The molecule has 1 N–H and O–H groups in total. The number of benzene rings is 2. The average molecular weight is 638 g/mol. The zero-order valence-corrected chi connectivity index (χ0v) is 24.0. The van der Waals surface area contributed by atoms with Crippen LogP contribution in [0.25, 0.3) is 21.5 Å². The van der Waals surface area contributed by atoms with Crippen molar-refractivity contribution >= 4 is 81.6 Å². The number of hydrogen-bond donors (Lipinski definition) is 1. The predicted molar refractivity (Wildman–Crippen MR) is 150 cm³/mol. The molecule has 4 rings (SSSR count). The van der Waals surface area contributed by atoms with Crippen molar-refractivity contribution in [3.63, 3.8) is 0 Å². The molecule has 2 amide bonds. The van der Waals surface area contributed by atoms with E-state index in [4.69, 9.17) is 4.74 Å². The first-order valence-corrected chi connectivity index (χ1v) is 15.5. The Bertz CT molecular complexity index is 1680. The fourth-order valence-electron chi connectivity index (χ4n) is 3.43. The quantitative estimate of drug-likeness (QED) is 0.277. The summed E-state index contributed by atoms with van der Waals surface area (Å²) in [5.41, 5.74) is 2.14. The van der Waals surface area contributed by atoms with Crippen LogP contribution in [0.15, 0.2) is 63.4 Å². The highest BCUT2D eigenvalue weighted by atomic mass is 79.9. The summed E-state index contributed by atoms with van der Waals surface area (Å²) in [6.45, 7) is 1.67. The smallest absolute Gasteiger partial charge is 0.326 e. The molecule has 4 aromatic rings. The van der Waals surface area contributed by atoms with Gasteiger partial charge < -0.3 is 14.6 Å². The van der Waals surface area contributed by atoms with Crippen molar-refractivity contribution in [2.45, 2.75) is 13.5 Å². The Morgan fingerprint density at radius 1 is 1.13 bits per heavy atom. The average Bonchev–Trinajstić information content (AvgIpc) is 3.43. The fraction of sp³-hybridized carbons (Fsp3) is 0.208. The zero-order chi connectivity index (χ0) is 27.3. The number of esters is 1. The number of hydrogen-bond acceptors (Lipinski definition) is 9. The van der Waals surface area contributed by atoms with E-state index in [1.54, 1.807) is 30.5 Å². The summed E-state index contributed by atoms with van der Waals surface area (Å²) < 4.78 is 33.2. The van der Waals surface area contributed by atoms with Gasteiger partial charge in [-0.15, -0.1) is 11.3 Å². The topological polar surface area (TPSA) is 137 Å². The molecule has 0 atom stereocenters. The second-order valence-corrected chi connectivity index (χ2v) is 12.7. The van der Waals surface area contributed by atoms with E-state index in [1.165, 1.54) is 4.57 Å². The van der Waals surface area contributed by atoms with E-state index in [1.807, 2.05) is 30.3 Å². The lowest BCUT2D eigenvalue weighted by atomic mass is 10.2. The number of thiazole rings is 2. The molecule has 10 nitrogen and oxygen atoms in total. The molecule has 2 aromatic carbocycles. The maximum atomic E-state index is 12.6.